The van der Waals surface area contributed by atoms with Crippen molar-refractivity contribution in [3.05, 3.63) is 45.9 Å². The lowest BCUT2D eigenvalue weighted by Crippen LogP contribution is -2.20. The Labute approximate surface area is 135 Å². The molecule has 23 heavy (non-hydrogen) atoms. The molecule has 0 saturated heterocycles. The molecule has 0 fully saturated rings. The first kappa shape index (κ1) is 17.0. The quantitative estimate of drug-likeness (QED) is 0.766. The molecule has 124 valence electrons. The van der Waals surface area contributed by atoms with Crippen molar-refractivity contribution in [2.24, 2.45) is 4.99 Å². The summed E-state index contributed by atoms with van der Waals surface area (Å²) in [5.41, 5.74) is 2.73. The highest BCUT2D eigenvalue weighted by atomic mass is 16.5. The molecule has 1 heterocycles. The van der Waals surface area contributed by atoms with Crippen molar-refractivity contribution >= 4 is 5.71 Å². The minimum Gasteiger partial charge on any atom is -0.497 e. The zero-order valence-electron chi connectivity index (χ0n) is 13.8. The third-order valence-electron chi connectivity index (χ3n) is 3.61. The van der Waals surface area contributed by atoms with Crippen LogP contribution in [-0.2, 0) is 6.42 Å². The van der Waals surface area contributed by atoms with Gasteiger partial charge in [-0.05, 0) is 37.6 Å². The number of hydrogen-bond donors (Lipinski definition) is 2. The van der Waals surface area contributed by atoms with E-state index in [-0.39, 0.29) is 12.2 Å². The predicted octanol–water partition coefficient (Wildman–Crippen LogP) is 1.93. The average molecular weight is 317 g/mol. The van der Waals surface area contributed by atoms with Crippen LogP contribution in [0.4, 0.5) is 0 Å². The predicted molar refractivity (Wildman–Crippen MR) is 91.1 cm³/mol. The van der Waals surface area contributed by atoms with Gasteiger partial charge in [-0.1, -0.05) is 13.3 Å². The molecular formula is C17H23N3O3. The molecule has 2 N–H and O–H groups in total. The molecule has 0 amide bonds. The maximum absolute atomic E-state index is 12.8. The van der Waals surface area contributed by atoms with E-state index in [1.165, 1.54) is 4.68 Å². The topological polar surface area (TPSA) is 79.6 Å². The molecule has 1 aromatic carbocycles. The van der Waals surface area contributed by atoms with Gasteiger partial charge in [-0.15, -0.1) is 0 Å². The zero-order valence-corrected chi connectivity index (χ0v) is 13.8. The molecular weight excluding hydrogens is 294 g/mol. The number of aliphatic imine (C=N–C) groups is 1. The number of aryl methyl sites for hydroxylation is 1. The molecule has 6 heteroatoms. The smallest absolute Gasteiger partial charge is 0.280 e. The number of aliphatic hydroxyl groups is 1. The Kier molecular flexibility index (Phi) is 5.76. The molecule has 0 aliphatic rings. The van der Waals surface area contributed by atoms with Crippen molar-refractivity contribution < 1.29 is 9.84 Å². The van der Waals surface area contributed by atoms with E-state index in [2.05, 4.69) is 17.0 Å². The number of rotatable bonds is 7. The number of methoxy groups -OCH3 is 1. The molecule has 0 spiro atoms. The summed E-state index contributed by atoms with van der Waals surface area (Å²) in [4.78, 5) is 17.0. The summed E-state index contributed by atoms with van der Waals surface area (Å²) in [5.74, 6) is 0.739. The van der Waals surface area contributed by atoms with Crippen LogP contribution in [0.25, 0.3) is 5.69 Å². The van der Waals surface area contributed by atoms with E-state index in [1.54, 1.807) is 14.0 Å². The van der Waals surface area contributed by atoms with Gasteiger partial charge in [0.25, 0.3) is 5.56 Å². The summed E-state index contributed by atoms with van der Waals surface area (Å²) < 4.78 is 6.67. The van der Waals surface area contributed by atoms with Gasteiger partial charge in [0.15, 0.2) is 0 Å². The molecule has 0 atom stereocenters. The number of H-pyrrole nitrogens is 1. The van der Waals surface area contributed by atoms with Crippen LogP contribution < -0.4 is 10.3 Å². The summed E-state index contributed by atoms with van der Waals surface area (Å²) in [6, 6.07) is 7.29. The minimum absolute atomic E-state index is 0.0302. The Morgan fingerprint density at radius 3 is 2.61 bits per heavy atom. The summed E-state index contributed by atoms with van der Waals surface area (Å²) in [5, 5.41) is 12.1. The summed E-state index contributed by atoms with van der Waals surface area (Å²) >= 11 is 0. The Bertz CT molecular complexity index is 727. The van der Waals surface area contributed by atoms with Crippen LogP contribution in [0.2, 0.25) is 0 Å². The van der Waals surface area contributed by atoms with Crippen molar-refractivity contribution in [1.82, 2.24) is 9.78 Å². The van der Waals surface area contributed by atoms with Crippen LogP contribution in [0.1, 0.15) is 31.5 Å². The average Bonchev–Trinajstić information content (AvgIpc) is 2.89. The second-order valence-corrected chi connectivity index (χ2v) is 5.24. The van der Waals surface area contributed by atoms with Gasteiger partial charge in [0.05, 0.1) is 31.5 Å². The van der Waals surface area contributed by atoms with E-state index in [0.29, 0.717) is 17.8 Å². The van der Waals surface area contributed by atoms with Crippen LogP contribution in [0.5, 0.6) is 5.75 Å². The molecule has 0 unspecified atom stereocenters. The van der Waals surface area contributed by atoms with E-state index in [4.69, 9.17) is 9.84 Å². The van der Waals surface area contributed by atoms with Crippen LogP contribution >= 0.6 is 0 Å². The number of hydrogen-bond acceptors (Lipinski definition) is 4. The molecule has 1 aromatic heterocycles. The van der Waals surface area contributed by atoms with Gasteiger partial charge in [0, 0.05) is 11.4 Å². The fraction of sp³-hybridized carbons (Fsp3) is 0.412. The summed E-state index contributed by atoms with van der Waals surface area (Å²) in [6.07, 6.45) is 1.68. The Morgan fingerprint density at radius 2 is 2.04 bits per heavy atom. The van der Waals surface area contributed by atoms with E-state index in [0.717, 1.165) is 30.0 Å². The molecule has 2 rings (SSSR count). The Hall–Kier alpha value is -2.34. The van der Waals surface area contributed by atoms with Crippen molar-refractivity contribution in [1.29, 1.82) is 0 Å². The van der Waals surface area contributed by atoms with E-state index in [9.17, 15) is 4.79 Å². The number of ether oxygens (including phenoxy) is 1. The minimum atomic E-state index is -0.127. The fourth-order valence-electron chi connectivity index (χ4n) is 2.50. The number of aromatic nitrogens is 2. The van der Waals surface area contributed by atoms with E-state index < -0.39 is 0 Å². The maximum atomic E-state index is 12.8. The molecule has 0 bridgehead atoms. The van der Waals surface area contributed by atoms with Crippen LogP contribution in [-0.4, -0.2) is 40.9 Å². The Morgan fingerprint density at radius 1 is 1.35 bits per heavy atom. The SMILES string of the molecule is CCCc1[nH]n(-c2ccc(OC)cc2)c(=O)c1C(C)=NCCO. The van der Waals surface area contributed by atoms with Gasteiger partial charge in [-0.2, -0.15) is 0 Å². The van der Waals surface area contributed by atoms with Crippen molar-refractivity contribution in [3.8, 4) is 11.4 Å². The van der Waals surface area contributed by atoms with Crippen molar-refractivity contribution in [2.75, 3.05) is 20.3 Å². The molecule has 0 radical (unpaired) electrons. The first-order valence-corrected chi connectivity index (χ1v) is 7.73. The van der Waals surface area contributed by atoms with Crippen LogP contribution in [0.3, 0.4) is 0 Å². The van der Waals surface area contributed by atoms with Gasteiger partial charge in [0.2, 0.25) is 0 Å². The Balaban J connectivity index is 2.51. The van der Waals surface area contributed by atoms with Gasteiger partial charge in [0.1, 0.15) is 5.75 Å². The van der Waals surface area contributed by atoms with Crippen molar-refractivity contribution in [2.45, 2.75) is 26.7 Å². The molecule has 0 aliphatic heterocycles. The lowest BCUT2D eigenvalue weighted by Gasteiger charge is -2.03. The third kappa shape index (κ3) is 3.71. The standard InChI is InChI=1S/C17H23N3O3/c1-4-5-15-16(12(2)18-10-11-21)17(22)20(19-15)13-6-8-14(23-3)9-7-13/h6-9,19,21H,4-5,10-11H2,1-3H3. The van der Waals surface area contributed by atoms with Crippen LogP contribution in [0, 0.1) is 0 Å². The first-order chi connectivity index (χ1) is 11.1. The second kappa shape index (κ2) is 7.78. The highest BCUT2D eigenvalue weighted by Crippen LogP contribution is 2.15. The summed E-state index contributed by atoms with van der Waals surface area (Å²) in [7, 11) is 1.61. The number of benzene rings is 1. The highest BCUT2D eigenvalue weighted by molar-refractivity contribution is 5.99. The zero-order chi connectivity index (χ0) is 16.8. The lowest BCUT2D eigenvalue weighted by molar-refractivity contribution is 0.307. The highest BCUT2D eigenvalue weighted by Gasteiger charge is 2.17. The van der Waals surface area contributed by atoms with Gasteiger partial charge in [-0.25, -0.2) is 4.68 Å². The number of nitrogens with one attached hydrogen (secondary N) is 1. The van der Waals surface area contributed by atoms with Crippen molar-refractivity contribution in [3.63, 3.8) is 0 Å². The van der Waals surface area contributed by atoms with Gasteiger partial charge in [-0.3, -0.25) is 14.9 Å². The first-order valence-electron chi connectivity index (χ1n) is 7.73. The lowest BCUT2D eigenvalue weighted by atomic mass is 10.1. The molecule has 6 nitrogen and oxygen atoms in total. The molecule has 0 aliphatic carbocycles. The van der Waals surface area contributed by atoms with E-state index in [1.807, 2.05) is 24.3 Å². The number of aliphatic hydroxyl groups excluding tert-OH is 1. The van der Waals surface area contributed by atoms with E-state index >= 15 is 0 Å². The number of aromatic amines is 1. The maximum Gasteiger partial charge on any atom is 0.280 e. The van der Waals surface area contributed by atoms with Crippen LogP contribution in [0.15, 0.2) is 34.1 Å². The monoisotopic (exact) mass is 317 g/mol. The largest absolute Gasteiger partial charge is 0.497 e. The van der Waals surface area contributed by atoms with Gasteiger partial charge < -0.3 is 9.84 Å². The molecule has 0 saturated carbocycles. The molecule has 2 aromatic rings. The third-order valence-corrected chi connectivity index (χ3v) is 3.61. The second-order valence-electron chi connectivity index (χ2n) is 5.24. The number of nitrogens with zero attached hydrogens (tertiary/aromatic N) is 2. The van der Waals surface area contributed by atoms with Gasteiger partial charge >= 0.3 is 0 Å². The fourth-order valence-corrected chi connectivity index (χ4v) is 2.50. The normalized spacial score (nSPS) is 11.7. The summed E-state index contributed by atoms with van der Waals surface area (Å²) in [6.45, 7) is 4.13.